The van der Waals surface area contributed by atoms with Crippen LogP contribution in [0.3, 0.4) is 0 Å². The Kier molecular flexibility index (Phi) is 5.45. The van der Waals surface area contributed by atoms with Crippen molar-refractivity contribution in [3.8, 4) is 5.75 Å². The van der Waals surface area contributed by atoms with Crippen LogP contribution in [0.25, 0.3) is 0 Å². The van der Waals surface area contributed by atoms with E-state index < -0.39 is 0 Å². The average molecular weight is 255 g/mol. The third-order valence-corrected chi connectivity index (χ3v) is 3.20. The second-order valence-corrected chi connectivity index (χ2v) is 4.62. The molecule has 0 saturated heterocycles. The summed E-state index contributed by atoms with van der Waals surface area (Å²) in [5, 5.41) is 3.26. The van der Waals surface area contributed by atoms with Gasteiger partial charge >= 0.3 is 0 Å². The molecule has 0 saturated carbocycles. The molecular formula is C17H21NO. The molecule has 19 heavy (non-hydrogen) atoms. The first-order valence-electron chi connectivity index (χ1n) is 6.77. The molecule has 0 amide bonds. The molecule has 1 N–H and O–H groups in total. The topological polar surface area (TPSA) is 21.3 Å². The molecule has 0 unspecified atom stereocenters. The zero-order chi connectivity index (χ0) is 13.3. The Morgan fingerprint density at radius 1 is 0.947 bits per heavy atom. The van der Waals surface area contributed by atoms with Gasteiger partial charge in [-0.25, -0.2) is 0 Å². The quantitative estimate of drug-likeness (QED) is 0.818. The lowest BCUT2D eigenvalue weighted by Crippen LogP contribution is -2.19. The molecule has 0 heterocycles. The van der Waals surface area contributed by atoms with Crippen LogP contribution in [0.5, 0.6) is 5.75 Å². The molecule has 100 valence electrons. The van der Waals surface area contributed by atoms with Gasteiger partial charge in [0, 0.05) is 6.54 Å². The Balaban J connectivity index is 1.87. The summed E-state index contributed by atoms with van der Waals surface area (Å²) in [4.78, 5) is 0. The van der Waals surface area contributed by atoms with Gasteiger partial charge in [0.2, 0.25) is 0 Å². The molecule has 1 atom stereocenters. The van der Waals surface area contributed by atoms with E-state index in [1.54, 1.807) is 0 Å². The van der Waals surface area contributed by atoms with Gasteiger partial charge in [-0.05, 0) is 37.1 Å². The summed E-state index contributed by atoms with van der Waals surface area (Å²) in [7, 11) is 1.99. The number of nitrogens with one attached hydrogen (secondary N) is 1. The van der Waals surface area contributed by atoms with Gasteiger partial charge in [-0.2, -0.15) is 0 Å². The Morgan fingerprint density at radius 2 is 1.58 bits per heavy atom. The Bertz CT molecular complexity index is 455. The van der Waals surface area contributed by atoms with E-state index in [2.05, 4.69) is 35.6 Å². The molecule has 2 nitrogen and oxygen atoms in total. The number of hydrogen-bond donors (Lipinski definition) is 1. The Labute approximate surface area is 115 Å². The molecule has 0 aromatic heterocycles. The van der Waals surface area contributed by atoms with Crippen molar-refractivity contribution >= 4 is 0 Å². The van der Waals surface area contributed by atoms with E-state index in [9.17, 15) is 0 Å². The fourth-order valence-electron chi connectivity index (χ4n) is 2.19. The third-order valence-electron chi connectivity index (χ3n) is 3.20. The fourth-order valence-corrected chi connectivity index (χ4v) is 2.19. The lowest BCUT2D eigenvalue weighted by molar-refractivity contribution is 0.296. The lowest BCUT2D eigenvalue weighted by atomic mass is 9.96. The molecule has 2 rings (SSSR count). The van der Waals surface area contributed by atoms with E-state index in [-0.39, 0.29) is 0 Å². The second kappa shape index (κ2) is 7.59. The largest absolute Gasteiger partial charge is 0.494 e. The van der Waals surface area contributed by atoms with Crippen molar-refractivity contribution in [3.05, 3.63) is 66.2 Å². The smallest absolute Gasteiger partial charge is 0.119 e. The highest BCUT2D eigenvalue weighted by Crippen LogP contribution is 2.19. The van der Waals surface area contributed by atoms with Crippen LogP contribution in [0.2, 0.25) is 0 Å². The monoisotopic (exact) mass is 255 g/mol. The molecular weight excluding hydrogens is 234 g/mol. The first-order chi connectivity index (χ1) is 9.40. The van der Waals surface area contributed by atoms with Gasteiger partial charge in [0.05, 0.1) is 6.61 Å². The minimum atomic E-state index is 0.495. The number of ether oxygens (including phenoxy) is 1. The van der Waals surface area contributed by atoms with Crippen LogP contribution in [0.4, 0.5) is 0 Å². The standard InChI is InChI=1S/C17H21NO/c1-18-14-16(15-8-4-2-5-9-15)12-13-19-17-10-6-3-7-11-17/h2-11,16,18H,12-14H2,1H3/t16-/m1/s1. The molecule has 0 bridgehead atoms. The van der Waals surface area contributed by atoms with Crippen molar-refractivity contribution in [3.63, 3.8) is 0 Å². The van der Waals surface area contributed by atoms with E-state index in [1.165, 1.54) is 5.56 Å². The molecule has 0 radical (unpaired) electrons. The van der Waals surface area contributed by atoms with E-state index in [4.69, 9.17) is 4.74 Å². The first kappa shape index (κ1) is 13.6. The Morgan fingerprint density at radius 3 is 2.21 bits per heavy atom. The van der Waals surface area contributed by atoms with Crippen LogP contribution in [0.1, 0.15) is 17.9 Å². The minimum absolute atomic E-state index is 0.495. The molecule has 0 spiro atoms. The minimum Gasteiger partial charge on any atom is -0.494 e. The van der Waals surface area contributed by atoms with E-state index in [0.29, 0.717) is 5.92 Å². The van der Waals surface area contributed by atoms with Crippen LogP contribution < -0.4 is 10.1 Å². The summed E-state index contributed by atoms with van der Waals surface area (Å²) in [5.74, 6) is 1.44. The van der Waals surface area contributed by atoms with Crippen LogP contribution in [0.15, 0.2) is 60.7 Å². The van der Waals surface area contributed by atoms with Crippen molar-refractivity contribution < 1.29 is 4.74 Å². The van der Waals surface area contributed by atoms with E-state index >= 15 is 0 Å². The SMILES string of the molecule is CNC[C@@H](CCOc1ccccc1)c1ccccc1. The summed E-state index contributed by atoms with van der Waals surface area (Å²) < 4.78 is 5.78. The normalized spacial score (nSPS) is 12.1. The van der Waals surface area contributed by atoms with Crippen LogP contribution in [-0.2, 0) is 0 Å². The zero-order valence-electron chi connectivity index (χ0n) is 11.4. The summed E-state index contributed by atoms with van der Waals surface area (Å²) in [5.41, 5.74) is 1.37. The summed E-state index contributed by atoms with van der Waals surface area (Å²) >= 11 is 0. The zero-order valence-corrected chi connectivity index (χ0v) is 11.4. The molecule has 2 aromatic rings. The van der Waals surface area contributed by atoms with Gasteiger partial charge in [-0.15, -0.1) is 0 Å². The van der Waals surface area contributed by atoms with Crippen molar-refractivity contribution in [2.24, 2.45) is 0 Å². The van der Waals surface area contributed by atoms with Crippen LogP contribution in [-0.4, -0.2) is 20.2 Å². The molecule has 0 aliphatic carbocycles. The summed E-state index contributed by atoms with van der Waals surface area (Å²) in [6.07, 6.45) is 1.01. The average Bonchev–Trinajstić information content (AvgIpc) is 2.48. The molecule has 0 fully saturated rings. The maximum atomic E-state index is 5.78. The maximum absolute atomic E-state index is 5.78. The molecule has 2 aromatic carbocycles. The van der Waals surface area contributed by atoms with Crippen LogP contribution >= 0.6 is 0 Å². The van der Waals surface area contributed by atoms with Crippen molar-refractivity contribution in [2.45, 2.75) is 12.3 Å². The predicted molar refractivity (Wildman–Crippen MR) is 79.7 cm³/mol. The highest BCUT2D eigenvalue weighted by molar-refractivity contribution is 5.22. The van der Waals surface area contributed by atoms with E-state index in [0.717, 1.165) is 25.3 Å². The van der Waals surface area contributed by atoms with E-state index in [1.807, 2.05) is 37.4 Å². The summed E-state index contributed by atoms with van der Waals surface area (Å²) in [6.45, 7) is 1.72. The molecule has 0 aliphatic rings. The first-order valence-corrected chi connectivity index (χ1v) is 6.77. The van der Waals surface area contributed by atoms with Gasteiger partial charge in [0.25, 0.3) is 0 Å². The number of likely N-dealkylation sites (N-methyl/N-ethyl adjacent to an activating group) is 1. The highest BCUT2D eigenvalue weighted by Gasteiger charge is 2.10. The van der Waals surface area contributed by atoms with Crippen molar-refractivity contribution in [1.82, 2.24) is 5.32 Å². The van der Waals surface area contributed by atoms with Gasteiger partial charge in [-0.3, -0.25) is 0 Å². The highest BCUT2D eigenvalue weighted by atomic mass is 16.5. The van der Waals surface area contributed by atoms with Crippen molar-refractivity contribution in [1.29, 1.82) is 0 Å². The second-order valence-electron chi connectivity index (χ2n) is 4.62. The number of para-hydroxylation sites is 1. The van der Waals surface area contributed by atoms with Crippen LogP contribution in [0, 0.1) is 0 Å². The number of hydrogen-bond acceptors (Lipinski definition) is 2. The Hall–Kier alpha value is -1.80. The fraction of sp³-hybridized carbons (Fsp3) is 0.294. The third kappa shape index (κ3) is 4.42. The van der Waals surface area contributed by atoms with Gasteiger partial charge < -0.3 is 10.1 Å². The lowest BCUT2D eigenvalue weighted by Gasteiger charge is -2.17. The molecule has 0 aliphatic heterocycles. The number of rotatable bonds is 7. The summed E-state index contributed by atoms with van der Waals surface area (Å²) in [6, 6.07) is 20.6. The maximum Gasteiger partial charge on any atom is 0.119 e. The predicted octanol–water partition coefficient (Wildman–Crippen LogP) is 3.46. The van der Waals surface area contributed by atoms with Crippen molar-refractivity contribution in [2.75, 3.05) is 20.2 Å². The molecule has 2 heteroatoms. The number of benzene rings is 2. The van der Waals surface area contributed by atoms with Gasteiger partial charge in [-0.1, -0.05) is 48.5 Å². The van der Waals surface area contributed by atoms with Gasteiger partial charge in [0.15, 0.2) is 0 Å². The van der Waals surface area contributed by atoms with Gasteiger partial charge in [0.1, 0.15) is 5.75 Å².